The predicted octanol–water partition coefficient (Wildman–Crippen LogP) is 3.13. The quantitative estimate of drug-likeness (QED) is 0.801. The molecule has 3 heterocycles. The second-order valence-electron chi connectivity index (χ2n) is 7.81. The first-order valence-electron chi connectivity index (χ1n) is 9.88. The number of hydrogen-bond acceptors (Lipinski definition) is 6. The van der Waals surface area contributed by atoms with Crippen LogP contribution in [0.2, 0.25) is 0 Å². The van der Waals surface area contributed by atoms with Crippen LogP contribution in [0.1, 0.15) is 61.3 Å². The zero-order chi connectivity index (χ0) is 18.8. The van der Waals surface area contributed by atoms with Crippen LogP contribution < -0.4 is 4.74 Å². The fraction of sp³-hybridized carbons (Fsp3) is 0.650. The maximum atomic E-state index is 12.5. The monoisotopic (exact) mass is 373 g/mol. The van der Waals surface area contributed by atoms with Crippen molar-refractivity contribution in [2.24, 2.45) is 5.92 Å². The zero-order valence-corrected chi connectivity index (χ0v) is 16.1. The minimum absolute atomic E-state index is 0.164. The molecule has 1 fully saturated rings. The van der Waals surface area contributed by atoms with E-state index >= 15 is 0 Å². The van der Waals surface area contributed by atoms with Crippen LogP contribution in [0.5, 0.6) is 5.88 Å². The maximum Gasteiger partial charge on any atom is 0.254 e. The van der Waals surface area contributed by atoms with Crippen molar-refractivity contribution in [2.45, 2.75) is 57.8 Å². The van der Waals surface area contributed by atoms with Gasteiger partial charge in [-0.15, -0.1) is 0 Å². The van der Waals surface area contributed by atoms with Gasteiger partial charge in [-0.2, -0.15) is 0 Å². The van der Waals surface area contributed by atoms with Gasteiger partial charge in [0.05, 0.1) is 12.8 Å². The van der Waals surface area contributed by atoms with Crippen molar-refractivity contribution in [3.63, 3.8) is 0 Å². The number of ether oxygens (including phenoxy) is 1. The third kappa shape index (κ3) is 3.87. The van der Waals surface area contributed by atoms with Crippen molar-refractivity contribution in [3.8, 4) is 5.88 Å². The topological polar surface area (TPSA) is 81.6 Å². The molecule has 1 aliphatic carbocycles. The lowest BCUT2D eigenvalue weighted by Gasteiger charge is -2.31. The summed E-state index contributed by atoms with van der Waals surface area (Å²) in [4.78, 5) is 14.5. The van der Waals surface area contributed by atoms with Gasteiger partial charge in [0.15, 0.2) is 0 Å². The SMILES string of the molecule is COc1cc(CCC(=O)N2CCC(c3onc4c3C[C@@H](C)CC4)CC2)on1. The highest BCUT2D eigenvalue weighted by atomic mass is 16.5. The Morgan fingerprint density at radius 2 is 2.07 bits per heavy atom. The van der Waals surface area contributed by atoms with E-state index in [4.69, 9.17) is 13.8 Å². The van der Waals surface area contributed by atoms with E-state index in [1.807, 2.05) is 4.90 Å². The second kappa shape index (κ2) is 7.74. The van der Waals surface area contributed by atoms with Gasteiger partial charge in [0, 0.05) is 43.5 Å². The van der Waals surface area contributed by atoms with Crippen LogP contribution in [-0.2, 0) is 24.1 Å². The fourth-order valence-electron chi connectivity index (χ4n) is 4.21. The average Bonchev–Trinajstić information content (AvgIpc) is 3.32. The van der Waals surface area contributed by atoms with Gasteiger partial charge in [-0.3, -0.25) is 4.79 Å². The molecule has 27 heavy (non-hydrogen) atoms. The number of aryl methyl sites for hydroxylation is 2. The van der Waals surface area contributed by atoms with Crippen molar-refractivity contribution in [3.05, 3.63) is 28.8 Å². The van der Waals surface area contributed by atoms with Gasteiger partial charge in [-0.05, 0) is 43.2 Å². The summed E-state index contributed by atoms with van der Waals surface area (Å²) in [6.07, 6.45) is 6.16. The van der Waals surface area contributed by atoms with Crippen LogP contribution in [0, 0.1) is 5.92 Å². The molecule has 1 aliphatic heterocycles. The summed E-state index contributed by atoms with van der Waals surface area (Å²) < 4.78 is 15.9. The Labute approximate surface area is 159 Å². The van der Waals surface area contributed by atoms with E-state index in [1.165, 1.54) is 12.0 Å². The summed E-state index contributed by atoms with van der Waals surface area (Å²) >= 11 is 0. The molecule has 1 saturated heterocycles. The lowest BCUT2D eigenvalue weighted by atomic mass is 9.83. The number of nitrogens with zero attached hydrogens (tertiary/aromatic N) is 3. The summed E-state index contributed by atoms with van der Waals surface area (Å²) in [5.41, 5.74) is 2.50. The summed E-state index contributed by atoms with van der Waals surface area (Å²) in [5.74, 6) is 3.45. The molecule has 7 nitrogen and oxygen atoms in total. The van der Waals surface area contributed by atoms with Crippen molar-refractivity contribution < 1.29 is 18.6 Å². The van der Waals surface area contributed by atoms with Gasteiger partial charge in [-0.1, -0.05) is 12.1 Å². The molecule has 0 N–H and O–H groups in total. The van der Waals surface area contributed by atoms with E-state index in [9.17, 15) is 4.79 Å². The summed E-state index contributed by atoms with van der Waals surface area (Å²) in [6.45, 7) is 3.84. The largest absolute Gasteiger partial charge is 0.479 e. The number of carbonyl (C=O) groups excluding carboxylic acids is 1. The normalized spacial score (nSPS) is 20.5. The highest BCUT2D eigenvalue weighted by molar-refractivity contribution is 5.76. The molecule has 0 aromatic carbocycles. The Balaban J connectivity index is 1.30. The summed E-state index contributed by atoms with van der Waals surface area (Å²) in [5, 5.41) is 8.08. The number of fused-ring (bicyclic) bond motifs is 1. The smallest absolute Gasteiger partial charge is 0.254 e. The molecular weight excluding hydrogens is 346 g/mol. The van der Waals surface area contributed by atoms with Crippen molar-refractivity contribution in [1.29, 1.82) is 0 Å². The standard InChI is InChI=1S/C20H27N3O4/c1-13-3-5-17-16(11-13)20(27-21-17)14-7-9-23(10-8-14)19(24)6-4-15-12-18(25-2)22-26-15/h12-14H,3-11H2,1-2H3/t13-/m0/s1. The third-order valence-electron chi connectivity index (χ3n) is 5.88. The Bertz CT molecular complexity index is 789. The first-order valence-corrected chi connectivity index (χ1v) is 9.88. The van der Waals surface area contributed by atoms with Gasteiger partial charge < -0.3 is 18.7 Å². The number of aromatic nitrogens is 2. The Kier molecular flexibility index (Phi) is 5.18. The van der Waals surface area contributed by atoms with E-state index in [1.54, 1.807) is 13.2 Å². The zero-order valence-electron chi connectivity index (χ0n) is 16.1. The van der Waals surface area contributed by atoms with E-state index < -0.39 is 0 Å². The highest BCUT2D eigenvalue weighted by Gasteiger charge is 2.31. The van der Waals surface area contributed by atoms with E-state index in [0.29, 0.717) is 36.3 Å². The van der Waals surface area contributed by atoms with Crippen molar-refractivity contribution >= 4 is 5.91 Å². The van der Waals surface area contributed by atoms with Crippen molar-refractivity contribution in [1.82, 2.24) is 15.2 Å². The lowest BCUT2D eigenvalue weighted by molar-refractivity contribution is -0.132. The van der Waals surface area contributed by atoms with Gasteiger partial charge >= 0.3 is 0 Å². The van der Waals surface area contributed by atoms with Gasteiger partial charge in [-0.25, -0.2) is 0 Å². The third-order valence-corrected chi connectivity index (χ3v) is 5.88. The predicted molar refractivity (Wildman–Crippen MR) is 97.6 cm³/mol. The molecule has 0 bridgehead atoms. The molecule has 2 aliphatic rings. The molecule has 2 aromatic rings. The van der Waals surface area contributed by atoms with Gasteiger partial charge in [0.1, 0.15) is 11.5 Å². The maximum absolute atomic E-state index is 12.5. The molecule has 0 spiro atoms. The lowest BCUT2D eigenvalue weighted by Crippen LogP contribution is -2.38. The molecule has 146 valence electrons. The molecule has 1 amide bonds. The summed E-state index contributed by atoms with van der Waals surface area (Å²) in [6, 6.07) is 1.73. The molecule has 1 atom stereocenters. The van der Waals surface area contributed by atoms with Crippen LogP contribution in [0.25, 0.3) is 0 Å². The Morgan fingerprint density at radius 1 is 1.26 bits per heavy atom. The molecule has 0 radical (unpaired) electrons. The van der Waals surface area contributed by atoms with Crippen LogP contribution in [-0.4, -0.2) is 41.3 Å². The summed E-state index contributed by atoms with van der Waals surface area (Å²) in [7, 11) is 1.54. The number of methoxy groups -OCH3 is 1. The molecule has 0 saturated carbocycles. The van der Waals surface area contributed by atoms with E-state index in [-0.39, 0.29) is 5.91 Å². The number of hydrogen-bond donors (Lipinski definition) is 0. The number of piperidine rings is 1. The second-order valence-corrected chi connectivity index (χ2v) is 7.81. The fourth-order valence-corrected chi connectivity index (χ4v) is 4.21. The number of rotatable bonds is 5. The number of amides is 1. The van der Waals surface area contributed by atoms with E-state index in [0.717, 1.165) is 50.2 Å². The number of carbonyl (C=O) groups is 1. The Morgan fingerprint density at radius 3 is 2.81 bits per heavy atom. The van der Waals surface area contributed by atoms with Crippen molar-refractivity contribution in [2.75, 3.05) is 20.2 Å². The molecule has 4 rings (SSSR count). The van der Waals surface area contributed by atoms with Crippen LogP contribution in [0.3, 0.4) is 0 Å². The highest BCUT2D eigenvalue weighted by Crippen LogP contribution is 2.36. The molecule has 2 aromatic heterocycles. The molecule has 7 heteroatoms. The number of likely N-dealkylation sites (tertiary alicyclic amines) is 1. The minimum atomic E-state index is 0.164. The van der Waals surface area contributed by atoms with Crippen LogP contribution in [0.4, 0.5) is 0 Å². The molecule has 0 unspecified atom stereocenters. The first-order chi connectivity index (χ1) is 13.1. The average molecular weight is 373 g/mol. The van der Waals surface area contributed by atoms with Crippen LogP contribution >= 0.6 is 0 Å². The molecular formula is C20H27N3O4. The van der Waals surface area contributed by atoms with Gasteiger partial charge in [0.2, 0.25) is 5.91 Å². The van der Waals surface area contributed by atoms with E-state index in [2.05, 4.69) is 17.2 Å². The van der Waals surface area contributed by atoms with Crippen LogP contribution in [0.15, 0.2) is 15.1 Å². The minimum Gasteiger partial charge on any atom is -0.479 e. The first kappa shape index (κ1) is 18.1. The van der Waals surface area contributed by atoms with Gasteiger partial charge in [0.25, 0.3) is 5.88 Å². The Hall–Kier alpha value is -2.31.